The molecule has 1 aromatic carbocycles. The number of nitrogens with zero attached hydrogens (tertiary/aromatic N) is 4. The molecule has 6 rings (SSSR count). The summed E-state index contributed by atoms with van der Waals surface area (Å²) >= 11 is 1.57. The number of benzene rings is 1. The van der Waals surface area contributed by atoms with Crippen molar-refractivity contribution in [3.63, 3.8) is 0 Å². The molecule has 1 fully saturated rings. The number of methoxy groups -OCH3 is 1. The number of nitrogens with one attached hydrogen (secondary N) is 1. The average Bonchev–Trinajstić information content (AvgIpc) is 3.56. The summed E-state index contributed by atoms with van der Waals surface area (Å²) in [6.07, 6.45) is 1.89. The third-order valence-electron chi connectivity index (χ3n) is 6.12. The Labute approximate surface area is 199 Å². The van der Waals surface area contributed by atoms with Crippen LogP contribution in [0.25, 0.3) is 28.2 Å². The Hall–Kier alpha value is -3.63. The highest BCUT2D eigenvalue weighted by molar-refractivity contribution is 7.08. The summed E-state index contributed by atoms with van der Waals surface area (Å²) in [5.74, 6) is 1.10. The Morgan fingerprint density at radius 2 is 2.09 bits per heavy atom. The van der Waals surface area contributed by atoms with Crippen molar-refractivity contribution >= 4 is 17.2 Å². The summed E-state index contributed by atoms with van der Waals surface area (Å²) < 4.78 is 20.6. The van der Waals surface area contributed by atoms with Gasteiger partial charge in [-0.1, -0.05) is 0 Å². The largest absolute Gasteiger partial charge is 0.496 e. The molecule has 1 amide bonds. The minimum Gasteiger partial charge on any atom is -0.496 e. The van der Waals surface area contributed by atoms with E-state index in [4.69, 9.17) is 19.3 Å². The average molecular weight is 478 g/mol. The van der Waals surface area contributed by atoms with Crippen LogP contribution in [0.15, 0.2) is 41.2 Å². The van der Waals surface area contributed by atoms with E-state index in [0.717, 1.165) is 33.8 Å². The van der Waals surface area contributed by atoms with Crippen LogP contribution in [-0.2, 0) is 18.4 Å². The third kappa shape index (κ3) is 3.29. The van der Waals surface area contributed by atoms with Crippen LogP contribution >= 0.6 is 11.3 Å². The molecule has 2 aliphatic rings. The summed E-state index contributed by atoms with van der Waals surface area (Å²) in [7, 11) is 3.50. The molecule has 5 heterocycles. The van der Waals surface area contributed by atoms with E-state index in [9.17, 15) is 4.79 Å². The summed E-state index contributed by atoms with van der Waals surface area (Å²) in [6, 6.07) is 7.80. The van der Waals surface area contributed by atoms with Gasteiger partial charge in [-0.05, 0) is 30.5 Å². The summed E-state index contributed by atoms with van der Waals surface area (Å²) in [5, 5.41) is 16.4. The molecule has 10 heteroatoms. The molecule has 0 spiro atoms. The van der Waals surface area contributed by atoms with Gasteiger partial charge in [0.1, 0.15) is 18.1 Å². The number of aryl methyl sites for hydroxylation is 1. The maximum Gasteiger partial charge on any atom is 0.272 e. The molecule has 34 heavy (non-hydrogen) atoms. The zero-order chi connectivity index (χ0) is 23.4. The van der Waals surface area contributed by atoms with Gasteiger partial charge in [0.15, 0.2) is 5.69 Å². The minimum atomic E-state index is -0.386. The molecule has 0 saturated carbocycles. The molecule has 1 N–H and O–H groups in total. The third-order valence-corrected chi connectivity index (χ3v) is 6.80. The van der Waals surface area contributed by atoms with Crippen LogP contribution < -0.4 is 14.8 Å². The van der Waals surface area contributed by atoms with Gasteiger partial charge in [0.25, 0.3) is 5.91 Å². The molecule has 0 radical (unpaired) electrons. The second-order valence-electron chi connectivity index (χ2n) is 8.79. The van der Waals surface area contributed by atoms with Crippen molar-refractivity contribution in [2.24, 2.45) is 7.05 Å². The molecule has 1 saturated heterocycles. The normalized spacial score (nSPS) is 15.6. The standard InChI is InChI=1S/C24H23N5O4S/c1-24(12-32-13-24)25-23(30)21-17-10-33-20-9-19(31-3)15(18-4-6-28(2)26-18)8-16(20)22(17)29(27-21)14-5-7-34-11-14/h4-9,11H,10,12-13H2,1-3H3,(H,25,30). The van der Waals surface area contributed by atoms with Gasteiger partial charge in [-0.25, -0.2) is 4.68 Å². The fourth-order valence-corrected chi connectivity index (χ4v) is 4.98. The molecule has 9 nitrogen and oxygen atoms in total. The molecule has 0 atom stereocenters. The zero-order valence-electron chi connectivity index (χ0n) is 19.0. The van der Waals surface area contributed by atoms with Gasteiger partial charge < -0.3 is 19.5 Å². The predicted octanol–water partition coefficient (Wildman–Crippen LogP) is 3.42. The number of ether oxygens (including phenoxy) is 3. The monoisotopic (exact) mass is 477 g/mol. The first-order valence-corrected chi connectivity index (χ1v) is 11.8. The van der Waals surface area contributed by atoms with Gasteiger partial charge in [0, 0.05) is 41.4 Å². The Morgan fingerprint density at radius 3 is 2.74 bits per heavy atom. The number of thiophene rings is 1. The Morgan fingerprint density at radius 1 is 1.24 bits per heavy atom. The number of carbonyl (C=O) groups excluding carboxylic acids is 1. The van der Waals surface area contributed by atoms with E-state index in [1.165, 1.54) is 0 Å². The van der Waals surface area contributed by atoms with E-state index >= 15 is 0 Å². The maximum atomic E-state index is 13.3. The second kappa shape index (κ2) is 7.71. The van der Waals surface area contributed by atoms with Crippen LogP contribution in [0.1, 0.15) is 23.0 Å². The maximum absolute atomic E-state index is 13.3. The highest BCUT2D eigenvalue weighted by Gasteiger charge is 2.38. The molecule has 3 aromatic heterocycles. The SMILES string of the molecule is COc1cc2c(cc1-c1ccn(C)n1)-c1c(c(C(=O)NC3(C)COC3)nn1-c1ccsc1)CO2. The highest BCUT2D eigenvalue weighted by atomic mass is 32.1. The van der Waals surface area contributed by atoms with E-state index in [1.54, 1.807) is 23.1 Å². The van der Waals surface area contributed by atoms with Crippen molar-refractivity contribution in [2.75, 3.05) is 20.3 Å². The number of aromatic nitrogens is 4. The van der Waals surface area contributed by atoms with Crippen LogP contribution in [0.2, 0.25) is 0 Å². The van der Waals surface area contributed by atoms with Crippen molar-refractivity contribution in [1.29, 1.82) is 0 Å². The molecule has 0 aliphatic carbocycles. The minimum absolute atomic E-state index is 0.231. The van der Waals surface area contributed by atoms with E-state index in [-0.39, 0.29) is 18.1 Å². The topological polar surface area (TPSA) is 92.4 Å². The van der Waals surface area contributed by atoms with Gasteiger partial charge in [0.05, 0.1) is 42.9 Å². The molecule has 2 aliphatic heterocycles. The van der Waals surface area contributed by atoms with Crippen LogP contribution in [-0.4, -0.2) is 51.3 Å². The Kier molecular flexibility index (Phi) is 4.75. The first-order valence-electron chi connectivity index (χ1n) is 10.9. The van der Waals surface area contributed by atoms with E-state index < -0.39 is 0 Å². The fraction of sp³-hybridized carbons (Fsp3) is 0.292. The summed E-state index contributed by atoms with van der Waals surface area (Å²) in [6.45, 7) is 3.17. The molecule has 174 valence electrons. The Bertz CT molecular complexity index is 1400. The predicted molar refractivity (Wildman–Crippen MR) is 127 cm³/mol. The molecule has 0 bridgehead atoms. The Balaban J connectivity index is 1.53. The van der Waals surface area contributed by atoms with E-state index in [2.05, 4.69) is 10.4 Å². The van der Waals surface area contributed by atoms with Gasteiger partial charge in [0.2, 0.25) is 0 Å². The lowest BCUT2D eigenvalue weighted by molar-refractivity contribution is -0.0594. The van der Waals surface area contributed by atoms with Crippen LogP contribution in [0.3, 0.4) is 0 Å². The van der Waals surface area contributed by atoms with E-state index in [0.29, 0.717) is 30.4 Å². The molecular formula is C24H23N5O4S. The van der Waals surface area contributed by atoms with Crippen molar-refractivity contribution in [3.05, 3.63) is 52.5 Å². The van der Waals surface area contributed by atoms with Gasteiger partial charge in [-0.3, -0.25) is 9.48 Å². The van der Waals surface area contributed by atoms with E-state index in [1.807, 2.05) is 59.9 Å². The van der Waals surface area contributed by atoms with Crippen LogP contribution in [0, 0.1) is 0 Å². The number of carbonyl (C=O) groups is 1. The lowest BCUT2D eigenvalue weighted by Crippen LogP contribution is -2.60. The van der Waals surface area contributed by atoms with Crippen LogP contribution in [0.5, 0.6) is 11.5 Å². The summed E-state index contributed by atoms with van der Waals surface area (Å²) in [5.41, 5.74) is 4.89. The van der Waals surface area contributed by atoms with Crippen molar-refractivity contribution < 1.29 is 19.0 Å². The summed E-state index contributed by atoms with van der Waals surface area (Å²) in [4.78, 5) is 13.3. The van der Waals surface area contributed by atoms with Crippen LogP contribution in [0.4, 0.5) is 0 Å². The number of hydrogen-bond donors (Lipinski definition) is 1. The second-order valence-corrected chi connectivity index (χ2v) is 9.57. The smallest absolute Gasteiger partial charge is 0.272 e. The fourth-order valence-electron chi connectivity index (χ4n) is 4.37. The molecule has 0 unspecified atom stereocenters. The lowest BCUT2D eigenvalue weighted by atomic mass is 9.97. The first kappa shape index (κ1) is 20.9. The molecular weight excluding hydrogens is 454 g/mol. The van der Waals surface area contributed by atoms with Crippen molar-refractivity contribution in [2.45, 2.75) is 19.1 Å². The quantitative estimate of drug-likeness (QED) is 0.474. The van der Waals surface area contributed by atoms with Gasteiger partial charge in [-0.15, -0.1) is 0 Å². The lowest BCUT2D eigenvalue weighted by Gasteiger charge is -2.38. The molecule has 4 aromatic rings. The number of amides is 1. The first-order chi connectivity index (χ1) is 16.5. The van der Waals surface area contributed by atoms with Crippen molar-refractivity contribution in [1.82, 2.24) is 24.9 Å². The number of fused-ring (bicyclic) bond motifs is 3. The number of rotatable bonds is 5. The van der Waals surface area contributed by atoms with Gasteiger partial charge in [-0.2, -0.15) is 21.5 Å². The highest BCUT2D eigenvalue weighted by Crippen LogP contribution is 2.45. The van der Waals surface area contributed by atoms with Crippen molar-refractivity contribution in [3.8, 4) is 39.7 Å². The zero-order valence-corrected chi connectivity index (χ0v) is 19.8. The van der Waals surface area contributed by atoms with Gasteiger partial charge >= 0.3 is 0 Å². The number of hydrogen-bond acceptors (Lipinski definition) is 7.